The van der Waals surface area contributed by atoms with Gasteiger partial charge in [0, 0.05) is 6.54 Å². The third-order valence-corrected chi connectivity index (χ3v) is 3.67. The van der Waals surface area contributed by atoms with Gasteiger partial charge < -0.3 is 20.4 Å². The standard InChI is InChI=1S/C15H25F6N2O2/c1-3-5-8-23(9-6-4-2)10-7-22-13(25,15(19,20)21)11-12(24)14(16,17)18/h11,22,24H,3-10H2,1-2H3/q-1/b12-11-. The highest BCUT2D eigenvalue weighted by molar-refractivity contribution is 5.09. The summed E-state index contributed by atoms with van der Waals surface area (Å²) >= 11 is 0. The van der Waals surface area contributed by atoms with Crippen molar-refractivity contribution in [1.82, 2.24) is 5.32 Å². The Morgan fingerprint density at radius 3 is 1.80 bits per heavy atom. The normalized spacial score (nSPS) is 16.3. The van der Waals surface area contributed by atoms with Gasteiger partial charge in [0.1, 0.15) is 0 Å². The van der Waals surface area contributed by atoms with Gasteiger partial charge in [-0.2, -0.15) is 26.3 Å². The molecule has 25 heavy (non-hydrogen) atoms. The van der Waals surface area contributed by atoms with Crippen LogP contribution in [0, 0.1) is 0 Å². The third kappa shape index (κ3) is 8.77. The average molecular weight is 379 g/mol. The zero-order valence-electron chi connectivity index (χ0n) is 14.3. The second kappa shape index (κ2) is 10.2. The Bertz CT molecular complexity index is 404. The second-order valence-corrected chi connectivity index (χ2v) is 5.87. The summed E-state index contributed by atoms with van der Waals surface area (Å²) < 4.78 is 75.1. The third-order valence-electron chi connectivity index (χ3n) is 3.67. The molecular weight excluding hydrogens is 354 g/mol. The number of rotatable bonds is 11. The molecule has 1 atom stereocenters. The van der Waals surface area contributed by atoms with Gasteiger partial charge in [0.2, 0.25) is 0 Å². The molecule has 1 unspecified atom stereocenters. The fourth-order valence-electron chi connectivity index (χ4n) is 2.15. The van der Waals surface area contributed by atoms with E-state index in [0.717, 1.165) is 30.6 Å². The van der Waals surface area contributed by atoms with Crippen molar-refractivity contribution >= 4 is 0 Å². The van der Waals surface area contributed by atoms with Crippen LogP contribution in [0.25, 0.3) is 0 Å². The largest absolute Gasteiger partial charge is 0.870 e. The summed E-state index contributed by atoms with van der Waals surface area (Å²) in [6.07, 6.45) is -8.48. The molecule has 0 amide bonds. The molecule has 0 rings (SSSR count). The van der Waals surface area contributed by atoms with Crippen molar-refractivity contribution < 1.29 is 41.5 Å². The van der Waals surface area contributed by atoms with Gasteiger partial charge >= 0.3 is 12.4 Å². The average Bonchev–Trinajstić information content (AvgIpc) is 2.47. The molecule has 2 N–H and O–H groups in total. The molecule has 0 fully saturated rings. The predicted octanol–water partition coefficient (Wildman–Crippen LogP) is 0.487. The van der Waals surface area contributed by atoms with Crippen LogP contribution in [0.4, 0.5) is 26.3 Å². The highest BCUT2D eigenvalue weighted by Gasteiger charge is 2.44. The Kier molecular flexibility index (Phi) is 9.81. The Labute approximate surface area is 143 Å². The maximum absolute atomic E-state index is 12.8. The van der Waals surface area contributed by atoms with Gasteiger partial charge in [-0.1, -0.05) is 32.8 Å². The van der Waals surface area contributed by atoms with Crippen molar-refractivity contribution in [3.05, 3.63) is 11.8 Å². The van der Waals surface area contributed by atoms with E-state index in [4.69, 9.17) is 0 Å². The molecule has 0 heterocycles. The van der Waals surface area contributed by atoms with Crippen LogP contribution in [0.1, 0.15) is 39.5 Å². The van der Waals surface area contributed by atoms with E-state index >= 15 is 0 Å². The summed E-state index contributed by atoms with van der Waals surface area (Å²) in [5.41, 5.74) is -4.26. The van der Waals surface area contributed by atoms with E-state index in [-0.39, 0.29) is 6.54 Å². The van der Waals surface area contributed by atoms with Gasteiger partial charge in [-0.3, -0.25) is 0 Å². The summed E-state index contributed by atoms with van der Waals surface area (Å²) in [6.45, 7) is 5.00. The summed E-state index contributed by atoms with van der Waals surface area (Å²) in [5, 5.41) is 24.1. The number of halogens is 6. The van der Waals surface area contributed by atoms with Crippen molar-refractivity contribution in [2.45, 2.75) is 57.6 Å². The highest BCUT2D eigenvalue weighted by Crippen LogP contribution is 2.30. The van der Waals surface area contributed by atoms with Gasteiger partial charge in [0.05, 0.1) is 25.4 Å². The van der Waals surface area contributed by atoms with E-state index in [1.807, 2.05) is 13.8 Å². The van der Waals surface area contributed by atoms with E-state index < -0.39 is 36.5 Å². The second-order valence-electron chi connectivity index (χ2n) is 5.87. The number of alkyl halides is 6. The van der Waals surface area contributed by atoms with Crippen LogP contribution in [0.15, 0.2) is 11.8 Å². The first-order valence-electron chi connectivity index (χ1n) is 8.20. The molecule has 10 heteroatoms. The van der Waals surface area contributed by atoms with Gasteiger partial charge in [-0.15, -0.1) is 0 Å². The van der Waals surface area contributed by atoms with Crippen molar-refractivity contribution in [2.24, 2.45) is 0 Å². The van der Waals surface area contributed by atoms with Crippen LogP contribution in [0.3, 0.4) is 0 Å². The number of quaternary nitrogens is 1. The Balaban J connectivity index is 4.99. The molecule has 0 saturated carbocycles. The quantitative estimate of drug-likeness (QED) is 0.312. The van der Waals surface area contributed by atoms with Crippen LogP contribution < -0.4 is 20.4 Å². The van der Waals surface area contributed by atoms with Gasteiger partial charge in [0.15, 0.2) is 0 Å². The molecule has 0 aliphatic rings. The first-order valence-corrected chi connectivity index (χ1v) is 8.20. The van der Waals surface area contributed by atoms with Crippen LogP contribution in [0.2, 0.25) is 0 Å². The number of nitrogens with one attached hydrogen (secondary N) is 2. The van der Waals surface area contributed by atoms with Crippen LogP contribution in [0.5, 0.6) is 0 Å². The number of hydrogen-bond donors (Lipinski definition) is 2. The van der Waals surface area contributed by atoms with Crippen LogP contribution in [-0.2, 0) is 0 Å². The van der Waals surface area contributed by atoms with Gasteiger partial charge in [-0.25, -0.2) is 0 Å². The number of allylic oxidation sites excluding steroid dienone is 1. The molecule has 0 aliphatic carbocycles. The SMILES string of the molecule is CCCC[NH+](CCCC)CCNC([O-])(/C=C(\[O-])C(F)(F)F)C(F)(F)F. The minimum Gasteiger partial charge on any atom is -0.870 e. The minimum absolute atomic E-state index is 0.147. The summed E-state index contributed by atoms with van der Waals surface area (Å²) in [7, 11) is 0. The molecule has 0 aromatic rings. The Morgan fingerprint density at radius 1 is 0.960 bits per heavy atom. The van der Waals surface area contributed by atoms with E-state index in [1.165, 1.54) is 0 Å². The summed E-state index contributed by atoms with van der Waals surface area (Å²) in [4.78, 5) is 0.961. The number of unbranched alkanes of at least 4 members (excludes halogenated alkanes) is 2. The van der Waals surface area contributed by atoms with Crippen molar-refractivity contribution in [3.8, 4) is 0 Å². The topological polar surface area (TPSA) is 62.6 Å². The molecule has 4 nitrogen and oxygen atoms in total. The zero-order valence-corrected chi connectivity index (χ0v) is 14.3. The maximum Gasteiger partial charge on any atom is 0.402 e. The van der Waals surface area contributed by atoms with E-state index in [1.54, 1.807) is 5.32 Å². The Morgan fingerprint density at radius 2 is 1.44 bits per heavy atom. The number of hydrogen-bond acceptors (Lipinski definition) is 3. The van der Waals surface area contributed by atoms with E-state index in [9.17, 15) is 36.6 Å². The lowest BCUT2D eigenvalue weighted by Crippen LogP contribution is -3.12. The predicted molar refractivity (Wildman–Crippen MR) is 76.3 cm³/mol. The zero-order chi connectivity index (χ0) is 19.7. The first-order chi connectivity index (χ1) is 11.4. The molecule has 0 aromatic heterocycles. The van der Waals surface area contributed by atoms with Crippen LogP contribution >= 0.6 is 0 Å². The van der Waals surface area contributed by atoms with Crippen molar-refractivity contribution in [2.75, 3.05) is 26.2 Å². The van der Waals surface area contributed by atoms with Crippen molar-refractivity contribution in [3.63, 3.8) is 0 Å². The molecule has 0 saturated heterocycles. The highest BCUT2D eigenvalue weighted by atomic mass is 19.4. The van der Waals surface area contributed by atoms with Crippen LogP contribution in [-0.4, -0.2) is 44.3 Å². The van der Waals surface area contributed by atoms with E-state index in [0.29, 0.717) is 13.1 Å². The van der Waals surface area contributed by atoms with Gasteiger partial charge in [0.25, 0.3) is 0 Å². The first kappa shape index (κ1) is 24.0. The van der Waals surface area contributed by atoms with Crippen molar-refractivity contribution in [1.29, 1.82) is 0 Å². The lowest BCUT2D eigenvalue weighted by Gasteiger charge is -2.42. The molecule has 0 bridgehead atoms. The molecule has 0 spiro atoms. The molecular formula is C15H25F6N2O2-. The summed E-state index contributed by atoms with van der Waals surface area (Å²) in [5.74, 6) is -2.81. The minimum atomic E-state index is -5.57. The van der Waals surface area contributed by atoms with E-state index in [2.05, 4.69) is 0 Å². The monoisotopic (exact) mass is 379 g/mol. The lowest BCUT2D eigenvalue weighted by molar-refractivity contribution is -0.899. The smallest absolute Gasteiger partial charge is 0.402 e. The Hall–Kier alpha value is -1.00. The lowest BCUT2D eigenvalue weighted by atomic mass is 10.1. The molecule has 150 valence electrons. The van der Waals surface area contributed by atoms with Gasteiger partial charge in [-0.05, 0) is 18.6 Å². The summed E-state index contributed by atoms with van der Waals surface area (Å²) in [6, 6.07) is 0. The molecule has 0 aliphatic heterocycles. The maximum atomic E-state index is 12.8. The fourth-order valence-corrected chi connectivity index (χ4v) is 2.15. The molecule has 0 radical (unpaired) electrons. The fraction of sp³-hybridized carbons (Fsp3) is 0.867. The molecule has 0 aromatic carbocycles.